The summed E-state index contributed by atoms with van der Waals surface area (Å²) in [4.78, 5) is 8.88. The molecule has 0 aliphatic heterocycles. The Hall–Kier alpha value is -0.810. The Bertz CT molecular complexity index is 354. The number of hydrazine groups is 1. The van der Waals surface area contributed by atoms with Crippen molar-refractivity contribution in [3.05, 3.63) is 11.9 Å². The highest BCUT2D eigenvalue weighted by Crippen LogP contribution is 2.27. The highest BCUT2D eigenvalue weighted by Gasteiger charge is 2.11. The fourth-order valence-electron chi connectivity index (χ4n) is 1.27. The average Bonchev–Trinajstić information content (AvgIpc) is 2.28. The molecule has 1 aromatic rings. The normalized spacial score (nSPS) is 12.8. The van der Waals surface area contributed by atoms with Crippen LogP contribution >= 0.6 is 11.8 Å². The standard InChI is InChI=1S/C12H22N4S/c1-5-6-10-14-11(16-13)7-12(15-10)17-9(4)8(2)3/h7-9H,5-6,13H2,1-4H3,(H,14,15,16). The lowest BCUT2D eigenvalue weighted by atomic mass is 10.2. The van der Waals surface area contributed by atoms with Gasteiger partial charge in [0.25, 0.3) is 0 Å². The lowest BCUT2D eigenvalue weighted by molar-refractivity contribution is 0.641. The molecule has 0 aromatic carbocycles. The summed E-state index contributed by atoms with van der Waals surface area (Å²) in [5, 5.41) is 1.53. The van der Waals surface area contributed by atoms with E-state index in [0.717, 1.165) is 23.7 Å². The van der Waals surface area contributed by atoms with E-state index in [2.05, 4.69) is 43.1 Å². The lowest BCUT2D eigenvalue weighted by Crippen LogP contribution is -2.12. The summed E-state index contributed by atoms with van der Waals surface area (Å²) in [6.45, 7) is 8.77. The molecule has 17 heavy (non-hydrogen) atoms. The van der Waals surface area contributed by atoms with Crippen molar-refractivity contribution >= 4 is 17.6 Å². The second-order valence-corrected chi connectivity index (χ2v) is 5.87. The van der Waals surface area contributed by atoms with Crippen LogP contribution in [-0.4, -0.2) is 15.2 Å². The molecule has 1 atom stereocenters. The Morgan fingerprint density at radius 2 is 2.06 bits per heavy atom. The Morgan fingerprint density at radius 3 is 2.59 bits per heavy atom. The zero-order valence-electron chi connectivity index (χ0n) is 11.0. The number of hydrogen-bond donors (Lipinski definition) is 2. The molecular weight excluding hydrogens is 232 g/mol. The molecule has 5 heteroatoms. The number of aryl methyl sites for hydroxylation is 1. The lowest BCUT2D eigenvalue weighted by Gasteiger charge is -2.15. The van der Waals surface area contributed by atoms with Crippen LogP contribution in [0.15, 0.2) is 11.1 Å². The van der Waals surface area contributed by atoms with Crippen LogP contribution in [-0.2, 0) is 6.42 Å². The summed E-state index contributed by atoms with van der Waals surface area (Å²) in [5.74, 6) is 7.61. The highest BCUT2D eigenvalue weighted by molar-refractivity contribution is 7.99. The van der Waals surface area contributed by atoms with Crippen molar-refractivity contribution < 1.29 is 0 Å². The number of hydrogen-bond acceptors (Lipinski definition) is 5. The van der Waals surface area contributed by atoms with E-state index in [1.165, 1.54) is 0 Å². The van der Waals surface area contributed by atoms with Gasteiger partial charge in [-0.2, -0.15) is 0 Å². The minimum atomic E-state index is 0.532. The summed E-state index contributed by atoms with van der Waals surface area (Å²) in [5.41, 5.74) is 2.60. The molecular formula is C12H22N4S. The molecule has 4 nitrogen and oxygen atoms in total. The largest absolute Gasteiger partial charge is 0.308 e. The Balaban J connectivity index is 2.86. The van der Waals surface area contributed by atoms with E-state index in [1.54, 1.807) is 11.8 Å². The number of aromatic nitrogens is 2. The Labute approximate surface area is 108 Å². The second kappa shape index (κ2) is 6.81. The fourth-order valence-corrected chi connectivity index (χ4v) is 2.26. The SMILES string of the molecule is CCCc1nc(NN)cc(SC(C)C(C)C)n1. The summed E-state index contributed by atoms with van der Waals surface area (Å²) < 4.78 is 0. The molecule has 0 radical (unpaired) electrons. The van der Waals surface area contributed by atoms with E-state index in [9.17, 15) is 0 Å². The molecule has 0 aliphatic rings. The topological polar surface area (TPSA) is 63.8 Å². The van der Waals surface area contributed by atoms with E-state index in [0.29, 0.717) is 17.0 Å². The molecule has 0 bridgehead atoms. The van der Waals surface area contributed by atoms with Gasteiger partial charge in [-0.25, -0.2) is 15.8 Å². The van der Waals surface area contributed by atoms with Crippen LogP contribution in [0.1, 0.15) is 39.9 Å². The first-order valence-corrected chi connectivity index (χ1v) is 6.96. The maximum absolute atomic E-state index is 5.42. The molecule has 0 amide bonds. The monoisotopic (exact) mass is 254 g/mol. The molecule has 0 spiro atoms. The first-order chi connectivity index (χ1) is 8.06. The maximum Gasteiger partial charge on any atom is 0.144 e. The van der Waals surface area contributed by atoms with Crippen LogP contribution in [0.5, 0.6) is 0 Å². The van der Waals surface area contributed by atoms with Crippen LogP contribution in [0.2, 0.25) is 0 Å². The van der Waals surface area contributed by atoms with E-state index in [1.807, 2.05) is 6.07 Å². The molecule has 0 aliphatic carbocycles. The maximum atomic E-state index is 5.42. The second-order valence-electron chi connectivity index (χ2n) is 4.47. The van der Waals surface area contributed by atoms with E-state index in [-0.39, 0.29) is 0 Å². The number of nitrogen functional groups attached to an aromatic ring is 1. The van der Waals surface area contributed by atoms with Gasteiger partial charge in [-0.05, 0) is 12.3 Å². The van der Waals surface area contributed by atoms with Gasteiger partial charge in [0, 0.05) is 17.7 Å². The van der Waals surface area contributed by atoms with Crippen molar-refractivity contribution in [2.24, 2.45) is 11.8 Å². The van der Waals surface area contributed by atoms with Gasteiger partial charge >= 0.3 is 0 Å². The van der Waals surface area contributed by atoms with Gasteiger partial charge in [-0.1, -0.05) is 27.7 Å². The third-order valence-corrected chi connectivity index (χ3v) is 3.98. The predicted molar refractivity (Wildman–Crippen MR) is 74.0 cm³/mol. The van der Waals surface area contributed by atoms with Crippen LogP contribution in [0.4, 0.5) is 5.82 Å². The smallest absolute Gasteiger partial charge is 0.144 e. The van der Waals surface area contributed by atoms with Gasteiger partial charge in [-0.3, -0.25) is 0 Å². The number of nitrogens with one attached hydrogen (secondary N) is 1. The van der Waals surface area contributed by atoms with Crippen molar-refractivity contribution in [2.45, 2.75) is 50.8 Å². The van der Waals surface area contributed by atoms with E-state index in [4.69, 9.17) is 5.84 Å². The van der Waals surface area contributed by atoms with Crippen LogP contribution in [0, 0.1) is 5.92 Å². The number of anilines is 1. The molecule has 1 aromatic heterocycles. The van der Waals surface area contributed by atoms with Crippen molar-refractivity contribution in [3.8, 4) is 0 Å². The van der Waals surface area contributed by atoms with Crippen molar-refractivity contribution in [2.75, 3.05) is 5.43 Å². The van der Waals surface area contributed by atoms with Gasteiger partial charge < -0.3 is 5.43 Å². The zero-order valence-corrected chi connectivity index (χ0v) is 11.8. The van der Waals surface area contributed by atoms with Crippen LogP contribution in [0.25, 0.3) is 0 Å². The quantitative estimate of drug-likeness (QED) is 0.354. The number of thioether (sulfide) groups is 1. The van der Waals surface area contributed by atoms with Gasteiger partial charge in [0.2, 0.25) is 0 Å². The fraction of sp³-hybridized carbons (Fsp3) is 0.667. The molecule has 1 heterocycles. The predicted octanol–water partition coefficient (Wildman–Crippen LogP) is 2.85. The third kappa shape index (κ3) is 4.52. The summed E-state index contributed by atoms with van der Waals surface area (Å²) in [7, 11) is 0. The van der Waals surface area contributed by atoms with Gasteiger partial charge in [0.15, 0.2) is 0 Å². The minimum absolute atomic E-state index is 0.532. The minimum Gasteiger partial charge on any atom is -0.308 e. The summed E-state index contributed by atoms with van der Waals surface area (Å²) in [6, 6.07) is 1.91. The number of nitrogens with two attached hydrogens (primary N) is 1. The highest BCUT2D eigenvalue weighted by atomic mass is 32.2. The average molecular weight is 254 g/mol. The van der Waals surface area contributed by atoms with Crippen LogP contribution < -0.4 is 11.3 Å². The summed E-state index contributed by atoms with van der Waals surface area (Å²) >= 11 is 1.77. The molecule has 3 N–H and O–H groups in total. The molecule has 1 rings (SSSR count). The zero-order chi connectivity index (χ0) is 12.8. The van der Waals surface area contributed by atoms with Gasteiger partial charge in [0.1, 0.15) is 16.7 Å². The van der Waals surface area contributed by atoms with E-state index >= 15 is 0 Å². The molecule has 0 fully saturated rings. The molecule has 0 saturated carbocycles. The van der Waals surface area contributed by atoms with Crippen molar-refractivity contribution in [3.63, 3.8) is 0 Å². The number of nitrogens with zero attached hydrogens (tertiary/aromatic N) is 2. The Morgan fingerprint density at radius 1 is 1.35 bits per heavy atom. The Kier molecular flexibility index (Phi) is 5.71. The van der Waals surface area contributed by atoms with Gasteiger partial charge in [0.05, 0.1) is 0 Å². The van der Waals surface area contributed by atoms with Crippen molar-refractivity contribution in [1.82, 2.24) is 9.97 Å². The summed E-state index contributed by atoms with van der Waals surface area (Å²) in [6.07, 6.45) is 1.93. The first kappa shape index (κ1) is 14.3. The van der Waals surface area contributed by atoms with Gasteiger partial charge in [-0.15, -0.1) is 11.8 Å². The van der Waals surface area contributed by atoms with Crippen molar-refractivity contribution in [1.29, 1.82) is 0 Å². The molecule has 96 valence electrons. The molecule has 1 unspecified atom stereocenters. The third-order valence-electron chi connectivity index (χ3n) is 2.62. The van der Waals surface area contributed by atoms with E-state index < -0.39 is 0 Å². The van der Waals surface area contributed by atoms with Crippen LogP contribution in [0.3, 0.4) is 0 Å². The first-order valence-electron chi connectivity index (χ1n) is 6.08. The molecule has 0 saturated heterocycles. The number of rotatable bonds is 6.